The van der Waals surface area contributed by atoms with Crippen LogP contribution in [0.4, 0.5) is 0 Å². The van der Waals surface area contributed by atoms with Crippen LogP contribution >= 0.6 is 0 Å². The Balaban J connectivity index is 4.23. The third-order valence-electron chi connectivity index (χ3n) is 6.11. The largest absolute Gasteiger partial charge is 0.507 e. The topological polar surface area (TPSA) is 83.8 Å². The second-order valence-corrected chi connectivity index (χ2v) is 13.5. The lowest BCUT2D eigenvalue weighted by molar-refractivity contribution is 0.0752. The van der Waals surface area contributed by atoms with Crippen LogP contribution in [0.2, 0.25) is 0 Å². The Hall–Kier alpha value is -1.27. The van der Waals surface area contributed by atoms with Gasteiger partial charge in [-0.2, -0.15) is 8.42 Å². The minimum atomic E-state index is -4.61. The predicted octanol–water partition coefficient (Wildman–Crippen LogP) is 6.88. The first-order valence-electron chi connectivity index (χ1n) is 11.0. The molecule has 0 spiro atoms. The molecule has 0 bridgehead atoms. The Kier molecular flexibility index (Phi) is 8.00. The van der Waals surface area contributed by atoms with Crippen LogP contribution in [0.25, 0.3) is 0 Å². The summed E-state index contributed by atoms with van der Waals surface area (Å²) in [6, 6.07) is 0. The number of ether oxygens (including phenoxy) is 1. The Labute approximate surface area is 190 Å². The fourth-order valence-corrected chi connectivity index (χ4v) is 7.31. The fraction of sp³-hybridized carbons (Fsp3) is 0.760. The van der Waals surface area contributed by atoms with Gasteiger partial charge in [-0.3, -0.25) is 4.55 Å². The number of rotatable bonds is 8. The van der Waals surface area contributed by atoms with Gasteiger partial charge in [0.05, 0.1) is 7.11 Å². The van der Waals surface area contributed by atoms with Crippen molar-refractivity contribution in [3.63, 3.8) is 0 Å². The average Bonchev–Trinajstić information content (AvgIpc) is 2.47. The molecule has 0 radical (unpaired) electrons. The molecule has 0 saturated carbocycles. The van der Waals surface area contributed by atoms with Crippen LogP contribution in [-0.2, 0) is 10.1 Å². The summed E-state index contributed by atoms with van der Waals surface area (Å²) in [5, 5.41) is 10.7. The average molecular weight is 457 g/mol. The van der Waals surface area contributed by atoms with Gasteiger partial charge in [-0.15, -0.1) is 0 Å². The van der Waals surface area contributed by atoms with Gasteiger partial charge in [0.1, 0.15) is 16.4 Å². The first kappa shape index (κ1) is 27.8. The molecule has 0 aliphatic rings. The summed E-state index contributed by atoms with van der Waals surface area (Å²) in [6.07, 6.45) is 1.69. The van der Waals surface area contributed by atoms with E-state index >= 15 is 0 Å². The van der Waals surface area contributed by atoms with E-state index in [4.69, 9.17) is 4.74 Å². The molecule has 1 unspecified atom stereocenters. The van der Waals surface area contributed by atoms with Gasteiger partial charge in [0.15, 0.2) is 0 Å². The van der Waals surface area contributed by atoms with Crippen molar-refractivity contribution >= 4 is 10.1 Å². The summed E-state index contributed by atoms with van der Waals surface area (Å²) in [5.41, 5.74) is 0.469. The van der Waals surface area contributed by atoms with E-state index in [-0.39, 0.29) is 38.4 Å². The van der Waals surface area contributed by atoms with Crippen molar-refractivity contribution in [3.8, 4) is 11.5 Å². The predicted molar refractivity (Wildman–Crippen MR) is 128 cm³/mol. The summed E-state index contributed by atoms with van der Waals surface area (Å²) in [5.74, 6) is 0.302. The SMILES string of the molecule is COc1c(C)c(O)c(C)c(S(=O)(=O)O)c1C(C(C)(C)CC(C)C)C(C)(C)CC(C)(C)C. The van der Waals surface area contributed by atoms with Crippen molar-refractivity contribution in [2.24, 2.45) is 22.2 Å². The molecule has 2 N–H and O–H groups in total. The zero-order valence-corrected chi connectivity index (χ0v) is 22.4. The maximum absolute atomic E-state index is 12.7. The minimum absolute atomic E-state index is 0.00214. The Bertz CT molecular complexity index is 903. The van der Waals surface area contributed by atoms with E-state index in [1.807, 2.05) is 0 Å². The van der Waals surface area contributed by atoms with E-state index < -0.39 is 10.1 Å². The van der Waals surface area contributed by atoms with Crippen LogP contribution in [0.15, 0.2) is 4.90 Å². The van der Waals surface area contributed by atoms with Crippen LogP contribution in [0.5, 0.6) is 11.5 Å². The van der Waals surface area contributed by atoms with Crippen molar-refractivity contribution in [3.05, 3.63) is 16.7 Å². The molecular formula is C25H44O5S. The summed E-state index contributed by atoms with van der Waals surface area (Å²) >= 11 is 0. The van der Waals surface area contributed by atoms with Crippen LogP contribution in [0.1, 0.15) is 97.8 Å². The normalized spacial score (nSPS) is 14.8. The minimum Gasteiger partial charge on any atom is -0.507 e. The molecule has 5 nitrogen and oxygen atoms in total. The molecule has 0 aliphatic carbocycles. The molecule has 1 rings (SSSR count). The zero-order chi connectivity index (χ0) is 24.7. The van der Waals surface area contributed by atoms with Gasteiger partial charge in [-0.05, 0) is 54.8 Å². The van der Waals surface area contributed by atoms with Crippen molar-refractivity contribution in [1.82, 2.24) is 0 Å². The molecule has 0 amide bonds. The Morgan fingerprint density at radius 3 is 1.77 bits per heavy atom. The van der Waals surface area contributed by atoms with Gasteiger partial charge in [-0.25, -0.2) is 0 Å². The van der Waals surface area contributed by atoms with Crippen LogP contribution in [-0.4, -0.2) is 25.2 Å². The van der Waals surface area contributed by atoms with Crippen molar-refractivity contribution in [2.75, 3.05) is 7.11 Å². The van der Waals surface area contributed by atoms with Gasteiger partial charge >= 0.3 is 0 Å². The summed E-state index contributed by atoms with van der Waals surface area (Å²) in [7, 11) is -3.13. The number of phenolic OH excluding ortho intramolecular Hbond substituents is 1. The van der Waals surface area contributed by atoms with Crippen LogP contribution in [0.3, 0.4) is 0 Å². The fourth-order valence-electron chi connectivity index (χ4n) is 6.34. The molecule has 1 aromatic carbocycles. The second-order valence-electron chi connectivity index (χ2n) is 12.1. The second kappa shape index (κ2) is 8.93. The highest BCUT2D eigenvalue weighted by Gasteiger charge is 2.48. The van der Waals surface area contributed by atoms with E-state index in [0.717, 1.165) is 12.8 Å². The number of phenols is 1. The lowest BCUT2D eigenvalue weighted by Crippen LogP contribution is -2.39. The smallest absolute Gasteiger partial charge is 0.295 e. The Morgan fingerprint density at radius 1 is 0.935 bits per heavy atom. The van der Waals surface area contributed by atoms with E-state index in [1.165, 1.54) is 14.0 Å². The highest BCUT2D eigenvalue weighted by atomic mass is 32.2. The number of aromatic hydroxyl groups is 1. The number of benzene rings is 1. The van der Waals surface area contributed by atoms with Gasteiger partial charge in [-0.1, -0.05) is 62.3 Å². The summed E-state index contributed by atoms with van der Waals surface area (Å²) in [4.78, 5) is -0.226. The third-order valence-corrected chi connectivity index (χ3v) is 7.16. The van der Waals surface area contributed by atoms with Crippen LogP contribution < -0.4 is 4.74 Å². The lowest BCUT2D eigenvalue weighted by atomic mass is 9.56. The summed E-state index contributed by atoms with van der Waals surface area (Å²) in [6.45, 7) is 22.7. The molecule has 0 heterocycles. The molecule has 0 aliphatic heterocycles. The lowest BCUT2D eigenvalue weighted by Gasteiger charge is -2.49. The first-order chi connectivity index (χ1) is 13.7. The first-order valence-corrected chi connectivity index (χ1v) is 12.5. The molecule has 0 aromatic heterocycles. The highest BCUT2D eigenvalue weighted by Crippen LogP contribution is 2.59. The maximum Gasteiger partial charge on any atom is 0.295 e. The molecule has 6 heteroatoms. The van der Waals surface area contributed by atoms with E-state index in [0.29, 0.717) is 22.8 Å². The molecule has 180 valence electrons. The van der Waals surface area contributed by atoms with Crippen LogP contribution in [0, 0.1) is 36.0 Å². The van der Waals surface area contributed by atoms with E-state index in [9.17, 15) is 18.1 Å². The quantitative estimate of drug-likeness (QED) is 0.416. The standard InChI is InChI=1S/C25H44O5S/c1-15(2)13-24(8,9)22(25(10,11)14-23(5,6)7)18-20(30-12)16(3)19(26)17(4)21(18)31(27,28)29/h15,22,26H,13-14H2,1-12H3,(H,27,28,29). The maximum atomic E-state index is 12.7. The molecule has 1 aromatic rings. The molecular weight excluding hydrogens is 412 g/mol. The molecule has 0 saturated heterocycles. The zero-order valence-electron chi connectivity index (χ0n) is 21.6. The van der Waals surface area contributed by atoms with Crippen molar-refractivity contribution < 1.29 is 22.8 Å². The summed E-state index contributed by atoms with van der Waals surface area (Å²) < 4.78 is 41.3. The molecule has 1 atom stereocenters. The third kappa shape index (κ3) is 6.16. The highest BCUT2D eigenvalue weighted by molar-refractivity contribution is 7.86. The monoisotopic (exact) mass is 456 g/mol. The van der Waals surface area contributed by atoms with Crippen molar-refractivity contribution in [2.45, 2.75) is 99.8 Å². The van der Waals surface area contributed by atoms with Gasteiger partial charge in [0.25, 0.3) is 10.1 Å². The van der Waals surface area contributed by atoms with Gasteiger partial charge in [0.2, 0.25) is 0 Å². The number of hydrogen-bond acceptors (Lipinski definition) is 4. The van der Waals surface area contributed by atoms with E-state index in [1.54, 1.807) is 6.92 Å². The number of methoxy groups -OCH3 is 1. The van der Waals surface area contributed by atoms with Gasteiger partial charge < -0.3 is 9.84 Å². The Morgan fingerprint density at radius 2 is 1.42 bits per heavy atom. The number of hydrogen-bond donors (Lipinski definition) is 2. The van der Waals surface area contributed by atoms with Crippen molar-refractivity contribution in [1.29, 1.82) is 0 Å². The van der Waals surface area contributed by atoms with E-state index in [2.05, 4.69) is 62.3 Å². The molecule has 31 heavy (non-hydrogen) atoms. The van der Waals surface area contributed by atoms with Gasteiger partial charge in [0, 0.05) is 16.7 Å². The molecule has 0 fully saturated rings.